The second-order valence-corrected chi connectivity index (χ2v) is 6.24. The SMILES string of the molecule is CC1CCCCN1C(=O)CN1CCN(c2ccccc2F)C1=O. The number of benzene rings is 1. The predicted octanol–water partition coefficient (Wildman–Crippen LogP) is 2.47. The van der Waals surface area contributed by atoms with Gasteiger partial charge in [0.15, 0.2) is 0 Å². The number of hydrogen-bond donors (Lipinski definition) is 0. The highest BCUT2D eigenvalue weighted by atomic mass is 19.1. The number of urea groups is 1. The lowest BCUT2D eigenvalue weighted by Crippen LogP contribution is -2.47. The van der Waals surface area contributed by atoms with Crippen LogP contribution in [0.15, 0.2) is 24.3 Å². The lowest BCUT2D eigenvalue weighted by molar-refractivity contribution is -0.134. The molecule has 0 saturated carbocycles. The third-order valence-corrected chi connectivity index (χ3v) is 4.69. The highest BCUT2D eigenvalue weighted by Crippen LogP contribution is 2.24. The molecule has 1 aromatic carbocycles. The summed E-state index contributed by atoms with van der Waals surface area (Å²) in [5.41, 5.74) is 0.277. The Balaban J connectivity index is 1.65. The molecule has 1 unspecified atom stereocenters. The maximum Gasteiger partial charge on any atom is 0.325 e. The van der Waals surface area contributed by atoms with Crippen molar-refractivity contribution in [1.29, 1.82) is 0 Å². The fourth-order valence-electron chi connectivity index (χ4n) is 3.35. The van der Waals surface area contributed by atoms with Gasteiger partial charge in [-0.3, -0.25) is 9.69 Å². The minimum absolute atomic E-state index is 0.0130. The van der Waals surface area contributed by atoms with Crippen LogP contribution in [-0.4, -0.2) is 54.0 Å². The minimum atomic E-state index is -0.418. The molecule has 0 spiro atoms. The van der Waals surface area contributed by atoms with Crippen molar-refractivity contribution in [2.45, 2.75) is 32.2 Å². The minimum Gasteiger partial charge on any atom is -0.338 e. The van der Waals surface area contributed by atoms with Gasteiger partial charge in [0.25, 0.3) is 0 Å². The monoisotopic (exact) mass is 319 g/mol. The van der Waals surface area contributed by atoms with Crippen LogP contribution in [0.3, 0.4) is 0 Å². The molecule has 1 atom stereocenters. The Morgan fingerprint density at radius 2 is 2.00 bits per heavy atom. The van der Waals surface area contributed by atoms with E-state index in [2.05, 4.69) is 6.92 Å². The number of hydrogen-bond acceptors (Lipinski definition) is 2. The van der Waals surface area contributed by atoms with E-state index in [0.29, 0.717) is 13.1 Å². The van der Waals surface area contributed by atoms with Gasteiger partial charge in [0.2, 0.25) is 5.91 Å². The predicted molar refractivity (Wildman–Crippen MR) is 85.7 cm³/mol. The Morgan fingerprint density at radius 3 is 2.74 bits per heavy atom. The van der Waals surface area contributed by atoms with E-state index >= 15 is 0 Å². The maximum atomic E-state index is 13.9. The first-order chi connectivity index (χ1) is 11.1. The van der Waals surface area contributed by atoms with Gasteiger partial charge in [-0.2, -0.15) is 0 Å². The number of rotatable bonds is 3. The largest absolute Gasteiger partial charge is 0.338 e. The Bertz CT molecular complexity index is 607. The molecule has 3 rings (SSSR count). The van der Waals surface area contributed by atoms with Gasteiger partial charge in [-0.15, -0.1) is 0 Å². The first-order valence-electron chi connectivity index (χ1n) is 8.18. The van der Waals surface area contributed by atoms with Crippen molar-refractivity contribution in [3.8, 4) is 0 Å². The number of amides is 3. The smallest absolute Gasteiger partial charge is 0.325 e. The fraction of sp³-hybridized carbons (Fsp3) is 0.529. The van der Waals surface area contributed by atoms with Crippen LogP contribution in [0.4, 0.5) is 14.9 Å². The van der Waals surface area contributed by atoms with Crippen molar-refractivity contribution >= 4 is 17.6 Å². The molecule has 6 heteroatoms. The molecule has 2 heterocycles. The molecule has 5 nitrogen and oxygen atoms in total. The number of nitrogens with zero attached hydrogens (tertiary/aromatic N) is 3. The van der Waals surface area contributed by atoms with Crippen molar-refractivity contribution in [2.75, 3.05) is 31.1 Å². The second-order valence-electron chi connectivity index (χ2n) is 6.24. The molecule has 1 aromatic rings. The first-order valence-corrected chi connectivity index (χ1v) is 8.18. The van der Waals surface area contributed by atoms with Crippen molar-refractivity contribution in [3.63, 3.8) is 0 Å². The second kappa shape index (κ2) is 6.56. The summed E-state index contributed by atoms with van der Waals surface area (Å²) in [6.07, 6.45) is 3.18. The number of likely N-dealkylation sites (tertiary alicyclic amines) is 1. The number of para-hydroxylation sites is 1. The molecule has 2 fully saturated rings. The Hall–Kier alpha value is -2.11. The zero-order valence-electron chi connectivity index (χ0n) is 13.4. The maximum absolute atomic E-state index is 13.9. The lowest BCUT2D eigenvalue weighted by atomic mass is 10.0. The summed E-state index contributed by atoms with van der Waals surface area (Å²) < 4.78 is 13.9. The molecule has 0 radical (unpaired) electrons. The molecular formula is C17H22FN3O2. The average molecular weight is 319 g/mol. The van der Waals surface area contributed by atoms with Crippen molar-refractivity contribution in [3.05, 3.63) is 30.1 Å². The molecule has 0 bridgehead atoms. The van der Waals surface area contributed by atoms with Gasteiger partial charge >= 0.3 is 6.03 Å². The van der Waals surface area contributed by atoms with Crippen LogP contribution in [0.25, 0.3) is 0 Å². The molecule has 2 aliphatic heterocycles. The van der Waals surface area contributed by atoms with E-state index in [-0.39, 0.29) is 30.2 Å². The van der Waals surface area contributed by atoms with Crippen LogP contribution in [0.5, 0.6) is 0 Å². The molecule has 2 aliphatic rings. The summed E-state index contributed by atoms with van der Waals surface area (Å²) in [4.78, 5) is 29.7. The van der Waals surface area contributed by atoms with E-state index in [9.17, 15) is 14.0 Å². The van der Waals surface area contributed by atoms with Gasteiger partial charge in [-0.25, -0.2) is 9.18 Å². The number of carbonyl (C=O) groups excluding carboxylic acids is 2. The highest BCUT2D eigenvalue weighted by molar-refractivity contribution is 5.96. The van der Waals surface area contributed by atoms with Crippen LogP contribution in [0.2, 0.25) is 0 Å². The zero-order chi connectivity index (χ0) is 16.4. The normalized spacial score (nSPS) is 21.9. The van der Waals surface area contributed by atoms with Gasteiger partial charge in [-0.1, -0.05) is 12.1 Å². The van der Waals surface area contributed by atoms with Crippen molar-refractivity contribution < 1.29 is 14.0 Å². The first kappa shape index (κ1) is 15.8. The number of carbonyl (C=O) groups is 2. The summed E-state index contributed by atoms with van der Waals surface area (Å²) in [6, 6.07) is 6.16. The Labute approximate surface area is 135 Å². The molecule has 23 heavy (non-hydrogen) atoms. The zero-order valence-corrected chi connectivity index (χ0v) is 13.4. The molecule has 0 aliphatic carbocycles. The van der Waals surface area contributed by atoms with Crippen LogP contribution in [0.1, 0.15) is 26.2 Å². The summed E-state index contributed by atoms with van der Waals surface area (Å²) >= 11 is 0. The Morgan fingerprint density at radius 1 is 1.22 bits per heavy atom. The molecular weight excluding hydrogens is 297 g/mol. The standard InChI is InChI=1S/C17H22FN3O2/c1-13-6-4-5-9-20(13)16(22)12-19-10-11-21(17(19)23)15-8-3-2-7-14(15)18/h2-3,7-8,13H,4-6,9-12H2,1H3. The van der Waals surface area contributed by atoms with E-state index in [1.807, 2.05) is 4.90 Å². The molecule has 0 N–H and O–H groups in total. The third kappa shape index (κ3) is 3.16. The molecule has 124 valence electrons. The van der Waals surface area contributed by atoms with Gasteiger partial charge in [0, 0.05) is 25.7 Å². The Kier molecular flexibility index (Phi) is 4.50. The summed E-state index contributed by atoms with van der Waals surface area (Å²) in [7, 11) is 0. The molecule has 2 saturated heterocycles. The average Bonchev–Trinajstić information content (AvgIpc) is 2.89. The summed E-state index contributed by atoms with van der Waals surface area (Å²) in [5, 5.41) is 0. The van der Waals surface area contributed by atoms with Gasteiger partial charge in [0.05, 0.1) is 5.69 Å². The molecule has 3 amide bonds. The lowest BCUT2D eigenvalue weighted by Gasteiger charge is -2.34. The van der Waals surface area contributed by atoms with E-state index < -0.39 is 5.82 Å². The topological polar surface area (TPSA) is 43.9 Å². The summed E-state index contributed by atoms with van der Waals surface area (Å²) in [6.45, 7) is 3.74. The quantitative estimate of drug-likeness (QED) is 0.859. The number of anilines is 1. The highest BCUT2D eigenvalue weighted by Gasteiger charge is 2.34. The van der Waals surface area contributed by atoms with Crippen LogP contribution in [0, 0.1) is 5.82 Å². The van der Waals surface area contributed by atoms with E-state index in [1.54, 1.807) is 18.2 Å². The van der Waals surface area contributed by atoms with Gasteiger partial charge in [-0.05, 0) is 38.3 Å². The fourth-order valence-corrected chi connectivity index (χ4v) is 3.35. The summed E-state index contributed by atoms with van der Waals surface area (Å²) in [5.74, 6) is -0.431. The van der Waals surface area contributed by atoms with E-state index in [0.717, 1.165) is 25.8 Å². The third-order valence-electron chi connectivity index (χ3n) is 4.69. The van der Waals surface area contributed by atoms with Crippen LogP contribution in [-0.2, 0) is 4.79 Å². The van der Waals surface area contributed by atoms with Crippen molar-refractivity contribution in [1.82, 2.24) is 9.80 Å². The van der Waals surface area contributed by atoms with Crippen LogP contribution < -0.4 is 4.90 Å². The van der Waals surface area contributed by atoms with Gasteiger partial charge < -0.3 is 9.80 Å². The van der Waals surface area contributed by atoms with Gasteiger partial charge in [0.1, 0.15) is 12.4 Å². The van der Waals surface area contributed by atoms with E-state index in [1.165, 1.54) is 15.9 Å². The number of halogens is 1. The van der Waals surface area contributed by atoms with Crippen molar-refractivity contribution in [2.24, 2.45) is 0 Å². The number of piperidine rings is 1. The molecule has 0 aromatic heterocycles. The van der Waals surface area contributed by atoms with E-state index in [4.69, 9.17) is 0 Å². The van der Waals surface area contributed by atoms with Crippen LogP contribution >= 0.6 is 0 Å².